The highest BCUT2D eigenvalue weighted by Crippen LogP contribution is 2.39. The molecule has 1 aliphatic carbocycles. The van der Waals surface area contributed by atoms with Gasteiger partial charge in [-0.05, 0) is 25.8 Å². The van der Waals surface area contributed by atoms with Gasteiger partial charge >= 0.3 is 0 Å². The first kappa shape index (κ1) is 11.9. The van der Waals surface area contributed by atoms with Crippen LogP contribution in [0.5, 0.6) is 0 Å². The maximum atomic E-state index is 4.58. The minimum Gasteiger partial charge on any atom is -0.356 e. The molecule has 0 radical (unpaired) electrons. The second-order valence-electron chi connectivity index (χ2n) is 5.33. The number of fused-ring (bicyclic) bond motifs is 1. The Bertz CT molecular complexity index is 729. The Balaban J connectivity index is 1.50. The first-order chi connectivity index (χ1) is 9.70. The van der Waals surface area contributed by atoms with Crippen LogP contribution in [0.4, 0.5) is 5.13 Å². The van der Waals surface area contributed by atoms with Crippen LogP contribution in [0.3, 0.4) is 0 Å². The van der Waals surface area contributed by atoms with Gasteiger partial charge in [0.15, 0.2) is 10.8 Å². The van der Waals surface area contributed by atoms with Crippen molar-refractivity contribution < 1.29 is 0 Å². The van der Waals surface area contributed by atoms with Crippen LogP contribution in [-0.2, 0) is 13.6 Å². The Labute approximate surface area is 120 Å². The van der Waals surface area contributed by atoms with Gasteiger partial charge in [-0.25, -0.2) is 9.67 Å². The fourth-order valence-electron chi connectivity index (χ4n) is 2.39. The quantitative estimate of drug-likeness (QED) is 0.774. The standard InChI is InChI=1S/C13H16N6S/c1-7-11-12(19(2)18-7)15-13(20-11)14-6-9-5-10(17-16-9)8-3-4-8/h5,8H,3-4,6H2,1-2H3,(H,14,15)(H,16,17). The lowest BCUT2D eigenvalue weighted by Crippen LogP contribution is -1.99. The molecule has 1 aliphatic rings. The molecule has 1 fully saturated rings. The summed E-state index contributed by atoms with van der Waals surface area (Å²) in [6, 6.07) is 2.16. The minimum atomic E-state index is 0.691. The van der Waals surface area contributed by atoms with Crippen LogP contribution in [0.1, 0.15) is 35.8 Å². The van der Waals surface area contributed by atoms with E-state index in [1.54, 1.807) is 11.3 Å². The second kappa shape index (κ2) is 4.31. The molecule has 3 aromatic heterocycles. The zero-order chi connectivity index (χ0) is 13.7. The molecule has 7 heteroatoms. The summed E-state index contributed by atoms with van der Waals surface area (Å²) < 4.78 is 2.98. The van der Waals surface area contributed by atoms with E-state index in [2.05, 4.69) is 31.7 Å². The molecule has 3 aromatic rings. The van der Waals surface area contributed by atoms with E-state index >= 15 is 0 Å². The number of thiazole rings is 1. The second-order valence-corrected chi connectivity index (χ2v) is 6.33. The number of nitrogens with zero attached hydrogens (tertiary/aromatic N) is 4. The maximum absolute atomic E-state index is 4.58. The number of hydrogen-bond donors (Lipinski definition) is 2. The summed E-state index contributed by atoms with van der Waals surface area (Å²) in [5, 5.41) is 16.1. The molecule has 0 spiro atoms. The van der Waals surface area contributed by atoms with Crippen LogP contribution in [0.25, 0.3) is 10.3 Å². The molecule has 0 unspecified atom stereocenters. The van der Waals surface area contributed by atoms with Gasteiger partial charge in [-0.15, -0.1) is 0 Å². The fourth-order valence-corrected chi connectivity index (χ4v) is 3.32. The van der Waals surface area contributed by atoms with Gasteiger partial charge in [0.1, 0.15) is 0 Å². The van der Waals surface area contributed by atoms with Crippen LogP contribution >= 0.6 is 11.3 Å². The predicted octanol–water partition coefficient (Wildman–Crippen LogP) is 2.55. The zero-order valence-electron chi connectivity index (χ0n) is 11.5. The lowest BCUT2D eigenvalue weighted by molar-refractivity contribution is 0.774. The first-order valence-electron chi connectivity index (χ1n) is 6.79. The fraction of sp³-hybridized carbons (Fsp3) is 0.462. The topological polar surface area (TPSA) is 71.4 Å². The van der Waals surface area contributed by atoms with Crippen LogP contribution in [0.15, 0.2) is 6.07 Å². The molecule has 2 N–H and O–H groups in total. The number of nitrogens with one attached hydrogen (secondary N) is 2. The van der Waals surface area contributed by atoms with E-state index in [9.17, 15) is 0 Å². The largest absolute Gasteiger partial charge is 0.356 e. The normalized spacial score (nSPS) is 15.1. The van der Waals surface area contributed by atoms with Crippen molar-refractivity contribution in [3.05, 3.63) is 23.1 Å². The first-order valence-corrected chi connectivity index (χ1v) is 7.60. The number of hydrogen-bond acceptors (Lipinski definition) is 5. The molecule has 104 valence electrons. The van der Waals surface area contributed by atoms with E-state index < -0.39 is 0 Å². The van der Waals surface area contributed by atoms with E-state index in [-0.39, 0.29) is 0 Å². The molecule has 0 saturated heterocycles. The van der Waals surface area contributed by atoms with Crippen molar-refractivity contribution in [2.45, 2.75) is 32.2 Å². The lowest BCUT2D eigenvalue weighted by Gasteiger charge is -1.98. The molecule has 3 heterocycles. The predicted molar refractivity (Wildman–Crippen MR) is 79.0 cm³/mol. The average Bonchev–Trinajstić information content (AvgIpc) is 2.93. The van der Waals surface area contributed by atoms with Crippen molar-refractivity contribution in [2.24, 2.45) is 7.05 Å². The average molecular weight is 288 g/mol. The number of rotatable bonds is 4. The summed E-state index contributed by atoms with van der Waals surface area (Å²) in [4.78, 5) is 4.58. The van der Waals surface area contributed by atoms with Crippen LogP contribution in [0.2, 0.25) is 0 Å². The van der Waals surface area contributed by atoms with Gasteiger partial charge in [0.25, 0.3) is 0 Å². The Morgan fingerprint density at radius 3 is 3.10 bits per heavy atom. The highest BCUT2D eigenvalue weighted by molar-refractivity contribution is 7.22. The van der Waals surface area contributed by atoms with Crippen molar-refractivity contribution in [3.8, 4) is 0 Å². The minimum absolute atomic E-state index is 0.691. The van der Waals surface area contributed by atoms with E-state index in [0.29, 0.717) is 5.92 Å². The van der Waals surface area contributed by atoms with Crippen molar-refractivity contribution in [3.63, 3.8) is 0 Å². The molecule has 0 atom stereocenters. The van der Waals surface area contributed by atoms with Gasteiger partial charge < -0.3 is 5.32 Å². The molecule has 0 amide bonds. The smallest absolute Gasteiger partial charge is 0.185 e. The third kappa shape index (κ3) is 1.98. The molecule has 0 aliphatic heterocycles. The van der Waals surface area contributed by atoms with Crippen LogP contribution in [-0.4, -0.2) is 25.0 Å². The highest BCUT2D eigenvalue weighted by Gasteiger charge is 2.26. The number of aryl methyl sites for hydroxylation is 2. The highest BCUT2D eigenvalue weighted by atomic mass is 32.1. The Morgan fingerprint density at radius 1 is 1.50 bits per heavy atom. The number of aromatic nitrogens is 5. The van der Waals surface area contributed by atoms with Gasteiger partial charge in [0.2, 0.25) is 0 Å². The lowest BCUT2D eigenvalue weighted by atomic mass is 10.3. The van der Waals surface area contributed by atoms with Crippen molar-refractivity contribution in [1.29, 1.82) is 0 Å². The summed E-state index contributed by atoms with van der Waals surface area (Å²) in [6.07, 6.45) is 2.56. The van der Waals surface area contributed by atoms with Crippen LogP contribution < -0.4 is 5.32 Å². The van der Waals surface area contributed by atoms with E-state index in [0.717, 1.165) is 33.4 Å². The summed E-state index contributed by atoms with van der Waals surface area (Å²) in [6.45, 7) is 2.74. The molecular weight excluding hydrogens is 272 g/mol. The summed E-state index contributed by atoms with van der Waals surface area (Å²) in [5.74, 6) is 0.691. The van der Waals surface area contributed by atoms with Crippen molar-refractivity contribution >= 4 is 26.8 Å². The monoisotopic (exact) mass is 288 g/mol. The van der Waals surface area contributed by atoms with Gasteiger partial charge in [-0.1, -0.05) is 11.3 Å². The summed E-state index contributed by atoms with van der Waals surface area (Å²) >= 11 is 1.65. The molecule has 1 saturated carbocycles. The molecule has 6 nitrogen and oxygen atoms in total. The number of H-pyrrole nitrogens is 1. The van der Waals surface area contributed by atoms with Gasteiger partial charge in [0.05, 0.1) is 28.3 Å². The Hall–Kier alpha value is -1.89. The van der Waals surface area contributed by atoms with Gasteiger partial charge in [-0.2, -0.15) is 10.2 Å². The van der Waals surface area contributed by atoms with E-state index in [4.69, 9.17) is 0 Å². The van der Waals surface area contributed by atoms with Gasteiger partial charge in [0, 0.05) is 13.0 Å². The van der Waals surface area contributed by atoms with Gasteiger partial charge in [-0.3, -0.25) is 5.10 Å². The Kier molecular flexibility index (Phi) is 2.56. The SMILES string of the molecule is Cc1nn(C)c2nc(NCc3cc(C4CC4)n[nH]3)sc12. The van der Waals surface area contributed by atoms with Crippen molar-refractivity contribution in [2.75, 3.05) is 5.32 Å². The molecule has 0 aromatic carbocycles. The van der Waals surface area contributed by atoms with E-state index in [1.165, 1.54) is 18.5 Å². The third-order valence-corrected chi connectivity index (χ3v) is 4.73. The van der Waals surface area contributed by atoms with Crippen LogP contribution in [0, 0.1) is 6.92 Å². The van der Waals surface area contributed by atoms with E-state index in [1.807, 2.05) is 18.7 Å². The molecule has 4 rings (SSSR count). The summed E-state index contributed by atoms with van der Waals surface area (Å²) in [7, 11) is 1.93. The molecule has 20 heavy (non-hydrogen) atoms. The zero-order valence-corrected chi connectivity index (χ0v) is 12.3. The maximum Gasteiger partial charge on any atom is 0.185 e. The molecule has 0 bridgehead atoms. The Morgan fingerprint density at radius 2 is 2.35 bits per heavy atom. The third-order valence-electron chi connectivity index (χ3n) is 3.62. The molecular formula is C13H16N6S. The number of aromatic amines is 1. The summed E-state index contributed by atoms with van der Waals surface area (Å²) in [5.41, 5.74) is 4.29. The number of anilines is 1. The van der Waals surface area contributed by atoms with Crippen molar-refractivity contribution in [1.82, 2.24) is 25.0 Å².